The van der Waals surface area contributed by atoms with Gasteiger partial charge < -0.3 is 10.1 Å². The van der Waals surface area contributed by atoms with Crippen molar-refractivity contribution >= 4 is 11.6 Å². The zero-order valence-electron chi connectivity index (χ0n) is 8.52. The molecule has 0 aromatic heterocycles. The van der Waals surface area contributed by atoms with Crippen LogP contribution in [0.1, 0.15) is 24.4 Å². The normalized spacial score (nSPS) is 20.6. The molecule has 1 aromatic carbocycles. The average molecular weight is 230 g/mol. The maximum Gasteiger partial charge on any atom is 0.150 e. The molecule has 1 unspecified atom stereocenters. The summed E-state index contributed by atoms with van der Waals surface area (Å²) in [4.78, 5) is 0. The molecule has 2 nitrogen and oxygen atoms in total. The summed E-state index contributed by atoms with van der Waals surface area (Å²) in [5.74, 6) is 0.0198. The summed E-state index contributed by atoms with van der Waals surface area (Å²) in [5, 5.41) is 3.31. The van der Waals surface area contributed by atoms with Crippen molar-refractivity contribution in [3.63, 3.8) is 0 Å². The maximum absolute atomic E-state index is 13.8. The van der Waals surface area contributed by atoms with E-state index in [0.717, 1.165) is 19.4 Å². The highest BCUT2D eigenvalue weighted by Crippen LogP contribution is 2.34. The third kappa shape index (κ3) is 1.94. The van der Waals surface area contributed by atoms with Crippen LogP contribution >= 0.6 is 11.6 Å². The summed E-state index contributed by atoms with van der Waals surface area (Å²) < 4.78 is 18.8. The topological polar surface area (TPSA) is 21.3 Å². The molecule has 1 fully saturated rings. The van der Waals surface area contributed by atoms with Gasteiger partial charge in [0.15, 0.2) is 0 Å². The van der Waals surface area contributed by atoms with Crippen LogP contribution in [0.5, 0.6) is 5.75 Å². The van der Waals surface area contributed by atoms with E-state index in [1.54, 1.807) is 12.1 Å². The van der Waals surface area contributed by atoms with Gasteiger partial charge in [0, 0.05) is 11.6 Å². The summed E-state index contributed by atoms with van der Waals surface area (Å²) in [7, 11) is 1.48. The molecule has 0 bridgehead atoms. The van der Waals surface area contributed by atoms with Gasteiger partial charge in [-0.15, -0.1) is 0 Å². The Morgan fingerprint density at radius 2 is 2.33 bits per heavy atom. The smallest absolute Gasteiger partial charge is 0.150 e. The molecule has 2 rings (SSSR count). The second-order valence-electron chi connectivity index (χ2n) is 3.63. The largest absolute Gasteiger partial charge is 0.495 e. The van der Waals surface area contributed by atoms with Crippen LogP contribution in [0.2, 0.25) is 5.02 Å². The Morgan fingerprint density at radius 3 is 2.93 bits per heavy atom. The quantitative estimate of drug-likeness (QED) is 0.842. The molecule has 82 valence electrons. The summed E-state index contributed by atoms with van der Waals surface area (Å²) in [5.41, 5.74) is 0.637. The molecule has 4 heteroatoms. The van der Waals surface area contributed by atoms with E-state index in [0.29, 0.717) is 11.3 Å². The third-order valence-corrected chi connectivity index (χ3v) is 3.08. The molecular formula is C11H13ClFNO. The number of hydrogen-bond acceptors (Lipinski definition) is 2. The highest BCUT2D eigenvalue weighted by Gasteiger charge is 2.22. The van der Waals surface area contributed by atoms with Crippen LogP contribution in [0.25, 0.3) is 0 Å². The molecular weight excluding hydrogens is 217 g/mol. The van der Waals surface area contributed by atoms with E-state index in [9.17, 15) is 4.39 Å². The van der Waals surface area contributed by atoms with Crippen LogP contribution in [0.3, 0.4) is 0 Å². The molecule has 0 spiro atoms. The van der Waals surface area contributed by atoms with Crippen LogP contribution in [0.4, 0.5) is 4.39 Å². The van der Waals surface area contributed by atoms with Crippen molar-refractivity contribution in [2.45, 2.75) is 18.9 Å². The summed E-state index contributed by atoms with van der Waals surface area (Å²) in [6, 6.07) is 3.54. The second-order valence-corrected chi connectivity index (χ2v) is 4.01. The van der Waals surface area contributed by atoms with E-state index in [-0.39, 0.29) is 16.9 Å². The maximum atomic E-state index is 13.8. The predicted octanol–water partition coefficient (Wildman–Crippen LogP) is 2.91. The fraction of sp³-hybridized carbons (Fsp3) is 0.455. The third-order valence-electron chi connectivity index (χ3n) is 2.73. The first-order valence-electron chi connectivity index (χ1n) is 4.99. The Hall–Kier alpha value is -0.800. The lowest BCUT2D eigenvalue weighted by Gasteiger charge is -2.14. The standard InChI is InChI=1S/C11H13ClFNO/c1-15-9-5-4-7(11(13)10(9)12)8-3-2-6-14-8/h4-5,8,14H,2-3,6H2,1H3. The van der Waals surface area contributed by atoms with E-state index in [4.69, 9.17) is 16.3 Å². The zero-order valence-corrected chi connectivity index (χ0v) is 9.27. The number of methoxy groups -OCH3 is 1. The van der Waals surface area contributed by atoms with Gasteiger partial charge in [-0.05, 0) is 25.5 Å². The molecule has 1 atom stereocenters. The van der Waals surface area contributed by atoms with Crippen molar-refractivity contribution in [3.8, 4) is 5.75 Å². The van der Waals surface area contributed by atoms with Gasteiger partial charge >= 0.3 is 0 Å². The Balaban J connectivity index is 2.36. The first-order chi connectivity index (χ1) is 7.24. The van der Waals surface area contributed by atoms with Gasteiger partial charge in [-0.25, -0.2) is 4.39 Å². The Labute approximate surface area is 93.4 Å². The molecule has 0 aliphatic carbocycles. The monoisotopic (exact) mass is 229 g/mol. The Bertz CT molecular complexity index is 364. The summed E-state index contributed by atoms with van der Waals surface area (Å²) in [6.45, 7) is 0.938. The Morgan fingerprint density at radius 1 is 1.53 bits per heavy atom. The fourth-order valence-electron chi connectivity index (χ4n) is 1.92. The van der Waals surface area contributed by atoms with Crippen LogP contribution in [0, 0.1) is 5.82 Å². The van der Waals surface area contributed by atoms with E-state index < -0.39 is 0 Å². The Kier molecular flexibility index (Phi) is 3.12. The number of ether oxygens (including phenoxy) is 1. The zero-order chi connectivity index (χ0) is 10.8. The molecule has 0 saturated carbocycles. The van der Waals surface area contributed by atoms with Crippen molar-refractivity contribution in [3.05, 3.63) is 28.5 Å². The van der Waals surface area contributed by atoms with Crippen molar-refractivity contribution in [2.24, 2.45) is 0 Å². The van der Waals surface area contributed by atoms with Crippen molar-refractivity contribution < 1.29 is 9.13 Å². The number of nitrogens with one attached hydrogen (secondary N) is 1. The number of halogens is 2. The van der Waals surface area contributed by atoms with E-state index >= 15 is 0 Å². The van der Waals surface area contributed by atoms with Crippen LogP contribution in [-0.4, -0.2) is 13.7 Å². The highest BCUT2D eigenvalue weighted by atomic mass is 35.5. The molecule has 1 aliphatic rings. The average Bonchev–Trinajstić information content (AvgIpc) is 2.75. The summed E-state index contributed by atoms with van der Waals surface area (Å²) in [6.07, 6.45) is 2.04. The van der Waals surface area contributed by atoms with E-state index in [1.165, 1.54) is 7.11 Å². The molecule has 1 N–H and O–H groups in total. The van der Waals surface area contributed by atoms with Crippen LogP contribution in [0.15, 0.2) is 12.1 Å². The van der Waals surface area contributed by atoms with Crippen molar-refractivity contribution in [1.82, 2.24) is 5.32 Å². The molecule has 15 heavy (non-hydrogen) atoms. The van der Waals surface area contributed by atoms with Gasteiger partial charge in [0.25, 0.3) is 0 Å². The first kappa shape index (κ1) is 10.7. The minimum Gasteiger partial charge on any atom is -0.495 e. The van der Waals surface area contributed by atoms with E-state index in [2.05, 4.69) is 5.32 Å². The number of hydrogen-bond donors (Lipinski definition) is 1. The lowest BCUT2D eigenvalue weighted by molar-refractivity contribution is 0.410. The van der Waals surface area contributed by atoms with Crippen LogP contribution < -0.4 is 10.1 Å². The number of rotatable bonds is 2. The lowest BCUT2D eigenvalue weighted by atomic mass is 10.0. The minimum atomic E-state index is -0.365. The van der Waals surface area contributed by atoms with Gasteiger partial charge in [-0.1, -0.05) is 17.7 Å². The molecule has 1 aliphatic heterocycles. The molecule has 0 amide bonds. The highest BCUT2D eigenvalue weighted by molar-refractivity contribution is 6.32. The van der Waals surface area contributed by atoms with Gasteiger partial charge in [-0.3, -0.25) is 0 Å². The van der Waals surface area contributed by atoms with Gasteiger partial charge in [-0.2, -0.15) is 0 Å². The predicted molar refractivity (Wildman–Crippen MR) is 57.9 cm³/mol. The molecule has 0 radical (unpaired) electrons. The molecule has 1 saturated heterocycles. The number of benzene rings is 1. The summed E-state index contributed by atoms with van der Waals surface area (Å²) >= 11 is 5.85. The van der Waals surface area contributed by atoms with Gasteiger partial charge in [0.1, 0.15) is 16.6 Å². The SMILES string of the molecule is COc1ccc(C2CCCN2)c(F)c1Cl. The lowest BCUT2D eigenvalue weighted by Crippen LogP contribution is -2.14. The van der Waals surface area contributed by atoms with Crippen LogP contribution in [-0.2, 0) is 0 Å². The molecule has 1 aromatic rings. The minimum absolute atomic E-state index is 0.0729. The fourth-order valence-corrected chi connectivity index (χ4v) is 2.17. The van der Waals surface area contributed by atoms with Gasteiger partial charge in [0.05, 0.1) is 7.11 Å². The van der Waals surface area contributed by atoms with Crippen molar-refractivity contribution in [1.29, 1.82) is 0 Å². The molecule has 1 heterocycles. The van der Waals surface area contributed by atoms with Crippen molar-refractivity contribution in [2.75, 3.05) is 13.7 Å². The van der Waals surface area contributed by atoms with E-state index in [1.807, 2.05) is 0 Å². The second kappa shape index (κ2) is 4.37. The first-order valence-corrected chi connectivity index (χ1v) is 5.37. The van der Waals surface area contributed by atoms with Gasteiger partial charge in [0.2, 0.25) is 0 Å².